The number of ether oxygens (including phenoxy) is 1. The van der Waals surface area contributed by atoms with Crippen LogP contribution in [-0.2, 0) is 6.54 Å². The van der Waals surface area contributed by atoms with Gasteiger partial charge in [0, 0.05) is 18.7 Å². The SMILES string of the molecule is CC(C)Oc1ccc(C(=O)NCC2CCN(Cc3ccsc3)CC2)cc1. The summed E-state index contributed by atoms with van der Waals surface area (Å²) in [4.78, 5) is 14.8. The number of piperidine rings is 1. The predicted octanol–water partition coefficient (Wildman–Crippen LogP) is 4.18. The summed E-state index contributed by atoms with van der Waals surface area (Å²) in [5, 5.41) is 7.46. The Morgan fingerprint density at radius 2 is 1.96 bits per heavy atom. The molecule has 140 valence electrons. The van der Waals surface area contributed by atoms with E-state index in [0.29, 0.717) is 11.5 Å². The minimum absolute atomic E-state index is 0.00167. The van der Waals surface area contributed by atoms with Crippen LogP contribution in [0.1, 0.15) is 42.6 Å². The number of likely N-dealkylation sites (tertiary alicyclic amines) is 1. The zero-order chi connectivity index (χ0) is 18.4. The van der Waals surface area contributed by atoms with Crippen molar-refractivity contribution in [2.75, 3.05) is 19.6 Å². The normalized spacial score (nSPS) is 16.0. The lowest BCUT2D eigenvalue weighted by Crippen LogP contribution is -2.38. The van der Waals surface area contributed by atoms with Crippen LogP contribution in [0.25, 0.3) is 0 Å². The average Bonchev–Trinajstić information content (AvgIpc) is 3.14. The second-order valence-corrected chi connectivity index (χ2v) is 8.03. The maximum absolute atomic E-state index is 12.3. The van der Waals surface area contributed by atoms with Gasteiger partial charge < -0.3 is 10.1 Å². The van der Waals surface area contributed by atoms with Gasteiger partial charge in [0.25, 0.3) is 5.91 Å². The molecule has 0 saturated carbocycles. The van der Waals surface area contributed by atoms with Crippen LogP contribution in [0.2, 0.25) is 0 Å². The molecular weight excluding hydrogens is 344 g/mol. The molecule has 4 nitrogen and oxygen atoms in total. The van der Waals surface area contributed by atoms with Crippen molar-refractivity contribution < 1.29 is 9.53 Å². The lowest BCUT2D eigenvalue weighted by atomic mass is 9.96. The summed E-state index contributed by atoms with van der Waals surface area (Å²) in [6, 6.07) is 9.58. The van der Waals surface area contributed by atoms with Crippen molar-refractivity contribution in [3.8, 4) is 5.75 Å². The molecule has 1 aliphatic heterocycles. The average molecular weight is 373 g/mol. The van der Waals surface area contributed by atoms with E-state index >= 15 is 0 Å². The molecule has 0 aliphatic carbocycles. The zero-order valence-corrected chi connectivity index (χ0v) is 16.4. The Kier molecular flexibility index (Phi) is 6.69. The van der Waals surface area contributed by atoms with E-state index in [4.69, 9.17) is 4.74 Å². The third-order valence-electron chi connectivity index (χ3n) is 4.73. The standard InChI is InChI=1S/C21H28N2O2S/c1-16(2)25-20-5-3-19(4-6-20)21(24)22-13-17-7-10-23(11-8-17)14-18-9-12-26-15-18/h3-6,9,12,15-17H,7-8,10-11,13-14H2,1-2H3,(H,22,24). The molecule has 0 spiro atoms. The molecule has 3 rings (SSSR count). The third-order valence-corrected chi connectivity index (χ3v) is 5.47. The number of carbonyl (C=O) groups excluding carboxylic acids is 1. The number of nitrogens with zero attached hydrogens (tertiary/aromatic N) is 1. The molecule has 26 heavy (non-hydrogen) atoms. The first kappa shape index (κ1) is 18.9. The monoisotopic (exact) mass is 372 g/mol. The molecule has 0 unspecified atom stereocenters. The molecule has 0 radical (unpaired) electrons. The van der Waals surface area contributed by atoms with Crippen molar-refractivity contribution in [3.63, 3.8) is 0 Å². The highest BCUT2D eigenvalue weighted by molar-refractivity contribution is 7.07. The van der Waals surface area contributed by atoms with Gasteiger partial charge in [-0.05, 0) is 92.4 Å². The van der Waals surface area contributed by atoms with E-state index in [1.807, 2.05) is 38.1 Å². The van der Waals surface area contributed by atoms with Crippen LogP contribution in [0.15, 0.2) is 41.1 Å². The largest absolute Gasteiger partial charge is 0.491 e. The molecule has 2 heterocycles. The minimum Gasteiger partial charge on any atom is -0.491 e. The number of hydrogen-bond donors (Lipinski definition) is 1. The number of nitrogens with one attached hydrogen (secondary N) is 1. The van der Waals surface area contributed by atoms with Crippen LogP contribution < -0.4 is 10.1 Å². The van der Waals surface area contributed by atoms with E-state index in [-0.39, 0.29) is 12.0 Å². The van der Waals surface area contributed by atoms with Gasteiger partial charge >= 0.3 is 0 Å². The quantitative estimate of drug-likeness (QED) is 0.793. The molecule has 0 bridgehead atoms. The molecule has 1 aromatic heterocycles. The topological polar surface area (TPSA) is 41.6 Å². The number of thiophene rings is 1. The maximum atomic E-state index is 12.3. The van der Waals surface area contributed by atoms with Crippen molar-refractivity contribution in [2.24, 2.45) is 5.92 Å². The summed E-state index contributed by atoms with van der Waals surface area (Å²) in [6.07, 6.45) is 2.43. The van der Waals surface area contributed by atoms with Crippen molar-refractivity contribution in [1.82, 2.24) is 10.2 Å². The van der Waals surface area contributed by atoms with Crippen LogP contribution in [0, 0.1) is 5.92 Å². The van der Waals surface area contributed by atoms with Crippen molar-refractivity contribution in [2.45, 2.75) is 39.3 Å². The number of hydrogen-bond acceptors (Lipinski definition) is 4. The van der Waals surface area contributed by atoms with Crippen molar-refractivity contribution >= 4 is 17.2 Å². The van der Waals surface area contributed by atoms with Gasteiger partial charge in [-0.15, -0.1) is 0 Å². The Bertz CT molecular complexity index is 675. The van der Waals surface area contributed by atoms with E-state index in [1.54, 1.807) is 11.3 Å². The first-order valence-corrected chi connectivity index (χ1v) is 10.3. The molecule has 1 aliphatic rings. The van der Waals surface area contributed by atoms with Gasteiger partial charge in [0.05, 0.1) is 6.10 Å². The van der Waals surface area contributed by atoms with Crippen molar-refractivity contribution in [1.29, 1.82) is 0 Å². The van der Waals surface area contributed by atoms with Gasteiger partial charge in [-0.2, -0.15) is 11.3 Å². The number of rotatable bonds is 7. The lowest BCUT2D eigenvalue weighted by Gasteiger charge is -2.31. The Morgan fingerprint density at radius 1 is 1.23 bits per heavy atom. The highest BCUT2D eigenvalue weighted by atomic mass is 32.1. The summed E-state index contributed by atoms with van der Waals surface area (Å²) < 4.78 is 5.62. The molecule has 5 heteroatoms. The smallest absolute Gasteiger partial charge is 0.251 e. The van der Waals surface area contributed by atoms with E-state index in [1.165, 1.54) is 5.56 Å². The maximum Gasteiger partial charge on any atom is 0.251 e. The van der Waals surface area contributed by atoms with Crippen LogP contribution in [-0.4, -0.2) is 36.5 Å². The number of amides is 1. The number of carbonyl (C=O) groups is 1. The Balaban J connectivity index is 1.39. The Morgan fingerprint density at radius 3 is 2.58 bits per heavy atom. The zero-order valence-electron chi connectivity index (χ0n) is 15.6. The second-order valence-electron chi connectivity index (χ2n) is 7.25. The fourth-order valence-corrected chi connectivity index (χ4v) is 3.95. The first-order chi connectivity index (χ1) is 12.6. The van der Waals surface area contributed by atoms with Crippen LogP contribution in [0.5, 0.6) is 5.75 Å². The highest BCUT2D eigenvalue weighted by Gasteiger charge is 2.20. The summed E-state index contributed by atoms with van der Waals surface area (Å²) in [5.74, 6) is 1.37. The van der Waals surface area contributed by atoms with Gasteiger partial charge in [-0.3, -0.25) is 9.69 Å². The van der Waals surface area contributed by atoms with E-state index in [0.717, 1.165) is 44.8 Å². The Hall–Kier alpha value is -1.85. The molecule has 1 amide bonds. The van der Waals surface area contributed by atoms with E-state index in [9.17, 15) is 4.79 Å². The minimum atomic E-state index is 0.00167. The van der Waals surface area contributed by atoms with Gasteiger partial charge in [0.1, 0.15) is 5.75 Å². The van der Waals surface area contributed by atoms with Crippen LogP contribution in [0.3, 0.4) is 0 Å². The van der Waals surface area contributed by atoms with Crippen LogP contribution in [0.4, 0.5) is 0 Å². The lowest BCUT2D eigenvalue weighted by molar-refractivity contribution is 0.0935. The van der Waals surface area contributed by atoms with Gasteiger partial charge in [0.15, 0.2) is 0 Å². The summed E-state index contributed by atoms with van der Waals surface area (Å²) >= 11 is 1.76. The van der Waals surface area contributed by atoms with Crippen LogP contribution >= 0.6 is 11.3 Å². The summed E-state index contributed by atoms with van der Waals surface area (Å²) in [5.41, 5.74) is 2.10. The van der Waals surface area contributed by atoms with Gasteiger partial charge in [0.2, 0.25) is 0 Å². The van der Waals surface area contributed by atoms with E-state index in [2.05, 4.69) is 27.0 Å². The molecule has 0 atom stereocenters. The summed E-state index contributed by atoms with van der Waals surface area (Å²) in [6.45, 7) is 8.01. The van der Waals surface area contributed by atoms with E-state index < -0.39 is 0 Å². The first-order valence-electron chi connectivity index (χ1n) is 9.38. The Labute approximate surface area is 160 Å². The predicted molar refractivity (Wildman–Crippen MR) is 107 cm³/mol. The van der Waals surface area contributed by atoms with Gasteiger partial charge in [-0.25, -0.2) is 0 Å². The fourth-order valence-electron chi connectivity index (χ4n) is 3.29. The summed E-state index contributed by atoms with van der Waals surface area (Å²) in [7, 11) is 0. The molecule has 1 N–H and O–H groups in total. The molecule has 1 saturated heterocycles. The van der Waals surface area contributed by atoms with Gasteiger partial charge in [-0.1, -0.05) is 0 Å². The van der Waals surface area contributed by atoms with Crippen molar-refractivity contribution in [3.05, 3.63) is 52.2 Å². The third kappa shape index (κ3) is 5.58. The second kappa shape index (κ2) is 9.19. The molecule has 1 aromatic carbocycles. The fraction of sp³-hybridized carbons (Fsp3) is 0.476. The highest BCUT2D eigenvalue weighted by Crippen LogP contribution is 2.20. The number of benzene rings is 1. The molecule has 2 aromatic rings. The molecular formula is C21H28N2O2S. The molecule has 1 fully saturated rings.